The first kappa shape index (κ1) is 9.29. The molecule has 0 saturated heterocycles. The van der Waals surface area contributed by atoms with E-state index in [0.29, 0.717) is 0 Å². The van der Waals surface area contributed by atoms with Crippen LogP contribution in [0.4, 0.5) is 0 Å². The molecule has 0 rings (SSSR count). The Morgan fingerprint density at radius 2 is 2.11 bits per heavy atom. The van der Waals surface area contributed by atoms with Crippen LogP contribution in [-0.2, 0) is 15.2 Å². The van der Waals surface area contributed by atoms with Crippen molar-refractivity contribution in [3.05, 3.63) is 0 Å². The van der Waals surface area contributed by atoms with Gasteiger partial charge in [-0.3, -0.25) is 0 Å². The van der Waals surface area contributed by atoms with Crippen molar-refractivity contribution in [2.24, 2.45) is 0 Å². The van der Waals surface area contributed by atoms with E-state index in [1.165, 1.54) is 0 Å². The van der Waals surface area contributed by atoms with Crippen molar-refractivity contribution < 1.29 is 12.6 Å². The van der Waals surface area contributed by atoms with Crippen LogP contribution in [0.3, 0.4) is 0 Å². The normalized spacial score (nSPS) is 15.6. The van der Waals surface area contributed by atoms with Gasteiger partial charge < -0.3 is 8.42 Å². The Kier molecular flexibility index (Phi) is 3.56. The van der Waals surface area contributed by atoms with E-state index < -0.39 is 19.7 Å². The second-order valence-electron chi connectivity index (χ2n) is 2.40. The molecule has 0 heterocycles. The van der Waals surface area contributed by atoms with E-state index in [0.717, 1.165) is 6.04 Å². The van der Waals surface area contributed by atoms with E-state index >= 15 is 0 Å². The molecule has 0 fully saturated rings. The van der Waals surface area contributed by atoms with Crippen molar-refractivity contribution in [1.82, 2.24) is 0 Å². The van der Waals surface area contributed by atoms with E-state index in [1.807, 2.05) is 20.0 Å². The third kappa shape index (κ3) is 4.77. The number of hydrogen-bond acceptors (Lipinski definition) is 3. The van der Waals surface area contributed by atoms with Gasteiger partial charge in [-0.2, -0.15) is 0 Å². The standard InChI is InChI=1S/C4H12O3SSi/c1-4-9(2,3)7-8(5)6/h4H2,1-3H3,(H,5,6)/p-1. The summed E-state index contributed by atoms with van der Waals surface area (Å²) in [6.45, 7) is 5.66. The molecule has 3 nitrogen and oxygen atoms in total. The van der Waals surface area contributed by atoms with Gasteiger partial charge in [0.15, 0.2) is 0 Å². The SMILES string of the molecule is CC[Si](C)(C)OS(=O)[O-]. The third-order valence-electron chi connectivity index (χ3n) is 1.15. The summed E-state index contributed by atoms with van der Waals surface area (Å²) in [5.74, 6) is 0. The molecular weight excluding hydrogens is 156 g/mol. The fourth-order valence-corrected chi connectivity index (χ4v) is 2.19. The zero-order valence-electron chi connectivity index (χ0n) is 5.84. The van der Waals surface area contributed by atoms with Gasteiger partial charge in [-0.1, -0.05) is 6.92 Å². The van der Waals surface area contributed by atoms with Crippen LogP contribution in [0.1, 0.15) is 6.92 Å². The first-order chi connectivity index (χ1) is 3.98. The Hall–Kier alpha value is 0.287. The molecule has 5 heteroatoms. The van der Waals surface area contributed by atoms with E-state index in [2.05, 4.69) is 3.87 Å². The predicted octanol–water partition coefficient (Wildman–Crippen LogP) is 1.02. The maximum Gasteiger partial charge on any atom is 0.206 e. The molecule has 0 aromatic heterocycles. The van der Waals surface area contributed by atoms with Gasteiger partial charge in [0.25, 0.3) is 0 Å². The van der Waals surface area contributed by atoms with Gasteiger partial charge in [0.05, 0.1) is 11.4 Å². The maximum atomic E-state index is 9.99. The molecule has 0 N–H and O–H groups in total. The van der Waals surface area contributed by atoms with Crippen molar-refractivity contribution in [3.8, 4) is 0 Å². The van der Waals surface area contributed by atoms with Gasteiger partial charge in [0.2, 0.25) is 8.32 Å². The van der Waals surface area contributed by atoms with Crippen molar-refractivity contribution in [3.63, 3.8) is 0 Å². The van der Waals surface area contributed by atoms with Gasteiger partial charge in [0, 0.05) is 0 Å². The lowest BCUT2D eigenvalue weighted by Gasteiger charge is -2.20. The summed E-state index contributed by atoms with van der Waals surface area (Å²) in [6.07, 6.45) is 0. The van der Waals surface area contributed by atoms with Gasteiger partial charge in [-0.25, -0.2) is 4.21 Å². The molecule has 1 atom stereocenters. The molecule has 0 spiro atoms. The van der Waals surface area contributed by atoms with Crippen LogP contribution in [0.25, 0.3) is 0 Å². The monoisotopic (exact) mass is 167 g/mol. The fraction of sp³-hybridized carbons (Fsp3) is 1.00. The average Bonchev–Trinajstić information content (AvgIpc) is 1.63. The van der Waals surface area contributed by atoms with Crippen LogP contribution < -0.4 is 0 Å². The molecule has 9 heavy (non-hydrogen) atoms. The minimum Gasteiger partial charge on any atom is -0.750 e. The van der Waals surface area contributed by atoms with Crippen molar-refractivity contribution >= 4 is 19.7 Å². The van der Waals surface area contributed by atoms with Crippen LogP contribution in [-0.4, -0.2) is 17.1 Å². The summed E-state index contributed by atoms with van der Waals surface area (Å²) in [6, 6.07) is 0.820. The molecule has 0 amide bonds. The first-order valence-electron chi connectivity index (χ1n) is 2.76. The summed E-state index contributed by atoms with van der Waals surface area (Å²) < 4.78 is 24.6. The van der Waals surface area contributed by atoms with Crippen molar-refractivity contribution in [1.29, 1.82) is 0 Å². The molecule has 56 valence electrons. The highest BCUT2D eigenvalue weighted by Gasteiger charge is 2.19. The number of rotatable bonds is 3. The zero-order chi connectivity index (χ0) is 7.49. The smallest absolute Gasteiger partial charge is 0.206 e. The van der Waals surface area contributed by atoms with Crippen molar-refractivity contribution in [2.75, 3.05) is 0 Å². The molecule has 0 aromatic rings. The van der Waals surface area contributed by atoms with Crippen LogP contribution in [0.5, 0.6) is 0 Å². The van der Waals surface area contributed by atoms with Gasteiger partial charge >= 0.3 is 0 Å². The Morgan fingerprint density at radius 3 is 2.22 bits per heavy atom. The lowest BCUT2D eigenvalue weighted by Crippen LogP contribution is -2.29. The number of hydrogen-bond donors (Lipinski definition) is 0. The Labute approximate surface area is 59.0 Å². The summed E-state index contributed by atoms with van der Waals surface area (Å²) in [7, 11) is -1.85. The second-order valence-corrected chi connectivity index (χ2v) is 7.70. The molecule has 0 aliphatic rings. The van der Waals surface area contributed by atoms with Crippen molar-refractivity contribution in [2.45, 2.75) is 26.1 Å². The highest BCUT2D eigenvalue weighted by molar-refractivity contribution is 7.75. The topological polar surface area (TPSA) is 49.4 Å². The Morgan fingerprint density at radius 1 is 1.67 bits per heavy atom. The van der Waals surface area contributed by atoms with Crippen LogP contribution >= 0.6 is 0 Å². The van der Waals surface area contributed by atoms with E-state index in [-0.39, 0.29) is 0 Å². The van der Waals surface area contributed by atoms with Gasteiger partial charge in [0.1, 0.15) is 0 Å². The van der Waals surface area contributed by atoms with Crippen LogP contribution in [0.15, 0.2) is 0 Å². The Bertz CT molecular complexity index is 114. The molecule has 0 aliphatic carbocycles. The average molecular weight is 167 g/mol. The summed E-state index contributed by atoms with van der Waals surface area (Å²) in [5, 5.41) is 0. The lowest BCUT2D eigenvalue weighted by molar-refractivity contribution is 0.437. The predicted molar refractivity (Wildman–Crippen MR) is 38.0 cm³/mol. The van der Waals surface area contributed by atoms with E-state index in [4.69, 9.17) is 0 Å². The molecule has 0 aliphatic heterocycles. The van der Waals surface area contributed by atoms with Crippen LogP contribution in [0.2, 0.25) is 19.1 Å². The highest BCUT2D eigenvalue weighted by Crippen LogP contribution is 2.10. The molecule has 0 radical (unpaired) electrons. The minimum absolute atomic E-state index is 0.820. The fourth-order valence-electron chi connectivity index (χ4n) is 0.243. The molecule has 0 aromatic carbocycles. The lowest BCUT2D eigenvalue weighted by atomic mass is 11.0. The minimum atomic E-state index is -2.32. The van der Waals surface area contributed by atoms with Crippen LogP contribution in [0, 0.1) is 0 Å². The molecule has 0 bridgehead atoms. The third-order valence-corrected chi connectivity index (χ3v) is 5.20. The Balaban J connectivity index is 3.71. The summed E-state index contributed by atoms with van der Waals surface area (Å²) >= 11 is -2.32. The van der Waals surface area contributed by atoms with E-state index in [9.17, 15) is 8.76 Å². The summed E-state index contributed by atoms with van der Waals surface area (Å²) in [4.78, 5) is 0. The first-order valence-corrected chi connectivity index (χ1v) is 6.88. The maximum absolute atomic E-state index is 9.99. The van der Waals surface area contributed by atoms with Gasteiger partial charge in [-0.05, 0) is 19.1 Å². The molecular formula is C4H11O3SSi-. The molecule has 0 saturated carbocycles. The highest BCUT2D eigenvalue weighted by atomic mass is 32.2. The quantitative estimate of drug-likeness (QED) is 0.466. The second kappa shape index (κ2) is 3.45. The molecule has 1 unspecified atom stereocenters. The van der Waals surface area contributed by atoms with E-state index in [1.54, 1.807) is 0 Å². The zero-order valence-corrected chi connectivity index (χ0v) is 7.66. The largest absolute Gasteiger partial charge is 0.750 e. The van der Waals surface area contributed by atoms with Gasteiger partial charge in [-0.15, -0.1) is 0 Å². The summed E-state index contributed by atoms with van der Waals surface area (Å²) in [5.41, 5.74) is 0.